The number of nitrogens with two attached hydrogens (primary N) is 1. The Labute approximate surface area is 139 Å². The maximum absolute atomic E-state index is 5.47. The average molecular weight is 312 g/mol. The van der Waals surface area contributed by atoms with Crippen LogP contribution in [0.3, 0.4) is 0 Å². The zero-order valence-corrected chi connectivity index (χ0v) is 15.2. The zero-order valence-electron chi connectivity index (χ0n) is 15.2. The van der Waals surface area contributed by atoms with Crippen molar-refractivity contribution in [2.24, 2.45) is 5.73 Å². The molecule has 0 unspecified atom stereocenters. The maximum atomic E-state index is 5.47. The minimum absolute atomic E-state index is 0.862. The van der Waals surface area contributed by atoms with Crippen molar-refractivity contribution >= 4 is 0 Å². The van der Waals surface area contributed by atoms with Crippen molar-refractivity contribution in [1.82, 2.24) is 0 Å². The SMILES string of the molecule is C1CO1.CCCCCCCCC=CCCCCCCCCN. The van der Waals surface area contributed by atoms with Crippen LogP contribution in [0.5, 0.6) is 0 Å². The van der Waals surface area contributed by atoms with E-state index < -0.39 is 0 Å². The third-order valence-electron chi connectivity index (χ3n) is 3.92. The summed E-state index contributed by atoms with van der Waals surface area (Å²) in [4.78, 5) is 0. The summed E-state index contributed by atoms with van der Waals surface area (Å²) in [6.07, 6.45) is 23.9. The number of rotatable bonds is 15. The molecule has 0 bridgehead atoms. The van der Waals surface area contributed by atoms with Crippen LogP contribution >= 0.6 is 0 Å². The van der Waals surface area contributed by atoms with E-state index in [4.69, 9.17) is 5.73 Å². The highest BCUT2D eigenvalue weighted by molar-refractivity contribution is 4.81. The predicted octanol–water partition coefficient (Wildman–Crippen LogP) is 6.00. The molecule has 2 N–H and O–H groups in total. The molecule has 0 atom stereocenters. The van der Waals surface area contributed by atoms with E-state index in [1.165, 1.54) is 89.9 Å². The summed E-state index contributed by atoms with van der Waals surface area (Å²) in [5.41, 5.74) is 5.47. The molecule has 2 nitrogen and oxygen atoms in total. The fourth-order valence-electron chi connectivity index (χ4n) is 2.39. The van der Waals surface area contributed by atoms with E-state index in [9.17, 15) is 0 Å². The fraction of sp³-hybridized carbons (Fsp3) is 0.900. The van der Waals surface area contributed by atoms with Gasteiger partial charge < -0.3 is 10.5 Å². The Morgan fingerprint density at radius 1 is 0.682 bits per heavy atom. The molecule has 0 saturated carbocycles. The topological polar surface area (TPSA) is 38.5 Å². The second-order valence-electron chi connectivity index (χ2n) is 6.34. The Hall–Kier alpha value is -0.340. The van der Waals surface area contributed by atoms with Crippen molar-refractivity contribution in [2.75, 3.05) is 19.8 Å². The number of ether oxygens (including phenoxy) is 1. The van der Waals surface area contributed by atoms with Gasteiger partial charge in [0.2, 0.25) is 0 Å². The predicted molar refractivity (Wildman–Crippen MR) is 99.3 cm³/mol. The van der Waals surface area contributed by atoms with Gasteiger partial charge in [0.15, 0.2) is 0 Å². The van der Waals surface area contributed by atoms with Gasteiger partial charge in [0.1, 0.15) is 0 Å². The van der Waals surface area contributed by atoms with Crippen molar-refractivity contribution < 1.29 is 4.74 Å². The highest BCUT2D eigenvalue weighted by atomic mass is 16.6. The summed E-state index contributed by atoms with van der Waals surface area (Å²) in [5, 5.41) is 0. The molecule has 1 aliphatic heterocycles. The first-order chi connectivity index (χ1) is 10.9. The maximum Gasteiger partial charge on any atom is 0.0701 e. The van der Waals surface area contributed by atoms with E-state index in [-0.39, 0.29) is 0 Å². The second-order valence-corrected chi connectivity index (χ2v) is 6.34. The molecular weight excluding hydrogens is 270 g/mol. The normalized spacial score (nSPS) is 13.2. The summed E-state index contributed by atoms with van der Waals surface area (Å²) in [5.74, 6) is 0. The number of hydrogen-bond donors (Lipinski definition) is 1. The molecule has 0 aromatic rings. The third kappa shape index (κ3) is 24.7. The van der Waals surface area contributed by atoms with E-state index in [2.05, 4.69) is 23.8 Å². The minimum Gasteiger partial charge on any atom is -0.377 e. The smallest absolute Gasteiger partial charge is 0.0701 e. The highest BCUT2D eigenvalue weighted by Gasteiger charge is 1.94. The molecule has 1 heterocycles. The van der Waals surface area contributed by atoms with E-state index in [0.717, 1.165) is 19.8 Å². The van der Waals surface area contributed by atoms with Crippen molar-refractivity contribution in [3.05, 3.63) is 12.2 Å². The molecule has 0 amide bonds. The van der Waals surface area contributed by atoms with Crippen LogP contribution in [-0.4, -0.2) is 19.8 Å². The first kappa shape index (κ1) is 21.7. The Kier molecular flexibility index (Phi) is 20.3. The number of allylic oxidation sites excluding steroid dienone is 2. The van der Waals surface area contributed by atoms with Gasteiger partial charge in [-0.2, -0.15) is 0 Å². The van der Waals surface area contributed by atoms with Crippen molar-refractivity contribution in [3.8, 4) is 0 Å². The van der Waals surface area contributed by atoms with Gasteiger partial charge in [-0.3, -0.25) is 0 Å². The largest absolute Gasteiger partial charge is 0.377 e. The lowest BCUT2D eigenvalue weighted by atomic mass is 10.1. The molecule has 2 heteroatoms. The molecule has 0 aliphatic carbocycles. The summed E-state index contributed by atoms with van der Waals surface area (Å²) in [6.45, 7) is 5.14. The Morgan fingerprint density at radius 3 is 1.50 bits per heavy atom. The lowest BCUT2D eigenvalue weighted by Gasteiger charge is -1.99. The quantitative estimate of drug-likeness (QED) is 0.229. The molecule has 1 aliphatic rings. The Balaban J connectivity index is 0.00000129. The van der Waals surface area contributed by atoms with Crippen LogP contribution < -0.4 is 5.73 Å². The van der Waals surface area contributed by atoms with Crippen LogP contribution in [0.25, 0.3) is 0 Å². The molecule has 0 radical (unpaired) electrons. The molecule has 0 aromatic carbocycles. The minimum atomic E-state index is 0.862. The Bertz CT molecular complexity index is 211. The average Bonchev–Trinajstić information content (AvgIpc) is 3.40. The highest BCUT2D eigenvalue weighted by Crippen LogP contribution is 2.09. The van der Waals surface area contributed by atoms with E-state index >= 15 is 0 Å². The Morgan fingerprint density at radius 2 is 1.09 bits per heavy atom. The first-order valence-corrected chi connectivity index (χ1v) is 9.84. The van der Waals surface area contributed by atoms with Crippen molar-refractivity contribution in [3.63, 3.8) is 0 Å². The van der Waals surface area contributed by atoms with Crippen LogP contribution in [0.2, 0.25) is 0 Å². The first-order valence-electron chi connectivity index (χ1n) is 9.84. The molecule has 0 spiro atoms. The molecule has 1 fully saturated rings. The van der Waals surface area contributed by atoms with Gasteiger partial charge in [-0.05, 0) is 38.6 Å². The van der Waals surface area contributed by atoms with Gasteiger partial charge in [-0.1, -0.05) is 76.9 Å². The standard InChI is InChI=1S/C18H37N.C2H4O/c1-2-3-4-5-6-7-8-9-10-11-12-13-14-15-16-17-18-19;1-2-3-1/h9-10H,2-8,11-19H2,1H3;1-2H2. The van der Waals surface area contributed by atoms with Gasteiger partial charge in [-0.15, -0.1) is 0 Å². The van der Waals surface area contributed by atoms with Crippen LogP contribution in [0, 0.1) is 0 Å². The fourth-order valence-corrected chi connectivity index (χ4v) is 2.39. The van der Waals surface area contributed by atoms with Gasteiger partial charge in [0.25, 0.3) is 0 Å². The van der Waals surface area contributed by atoms with E-state index in [1.54, 1.807) is 0 Å². The van der Waals surface area contributed by atoms with Gasteiger partial charge >= 0.3 is 0 Å². The summed E-state index contributed by atoms with van der Waals surface area (Å²) in [7, 11) is 0. The zero-order chi connectivity index (χ0) is 16.1. The second kappa shape index (κ2) is 20.7. The van der Waals surface area contributed by atoms with E-state index in [0.29, 0.717) is 0 Å². The lowest BCUT2D eigenvalue weighted by molar-refractivity contribution is 0.475. The van der Waals surface area contributed by atoms with Gasteiger partial charge in [-0.25, -0.2) is 0 Å². The molecule has 0 aromatic heterocycles. The lowest BCUT2D eigenvalue weighted by Crippen LogP contribution is -1.97. The summed E-state index contributed by atoms with van der Waals surface area (Å²) in [6, 6.07) is 0. The van der Waals surface area contributed by atoms with E-state index in [1.807, 2.05) is 0 Å². The molecular formula is C20H41NO. The van der Waals surface area contributed by atoms with Crippen LogP contribution in [0.1, 0.15) is 96.8 Å². The van der Waals surface area contributed by atoms with Crippen LogP contribution in [-0.2, 0) is 4.74 Å². The third-order valence-corrected chi connectivity index (χ3v) is 3.92. The molecule has 1 rings (SSSR count). The molecule has 1 saturated heterocycles. The monoisotopic (exact) mass is 311 g/mol. The number of unbranched alkanes of at least 4 members (excludes halogenated alkanes) is 12. The number of hydrogen-bond acceptors (Lipinski definition) is 2. The summed E-state index contributed by atoms with van der Waals surface area (Å²) >= 11 is 0. The van der Waals surface area contributed by atoms with Crippen molar-refractivity contribution in [2.45, 2.75) is 96.8 Å². The van der Waals surface area contributed by atoms with Crippen LogP contribution in [0.4, 0.5) is 0 Å². The van der Waals surface area contributed by atoms with Gasteiger partial charge in [0, 0.05) is 0 Å². The van der Waals surface area contributed by atoms with Crippen molar-refractivity contribution in [1.29, 1.82) is 0 Å². The summed E-state index contributed by atoms with van der Waals surface area (Å²) < 4.78 is 4.50. The molecule has 132 valence electrons. The number of epoxide rings is 1. The van der Waals surface area contributed by atoms with Crippen LogP contribution in [0.15, 0.2) is 12.2 Å². The van der Waals surface area contributed by atoms with Gasteiger partial charge in [0.05, 0.1) is 13.2 Å². The molecule has 22 heavy (non-hydrogen) atoms.